The van der Waals surface area contributed by atoms with E-state index in [0.717, 1.165) is 48.1 Å². The number of hydrogen-bond donors (Lipinski definition) is 2. The topological polar surface area (TPSA) is 80.4 Å². The molecule has 1 aliphatic carbocycles. The summed E-state index contributed by atoms with van der Waals surface area (Å²) in [5.74, 6) is 0.528. The number of benzene rings is 1. The smallest absolute Gasteiger partial charge is 0.224 e. The molecule has 28 heavy (non-hydrogen) atoms. The van der Waals surface area contributed by atoms with Crippen molar-refractivity contribution in [2.45, 2.75) is 57.4 Å². The summed E-state index contributed by atoms with van der Waals surface area (Å²) in [4.78, 5) is 21.8. The van der Waals surface area contributed by atoms with Crippen molar-refractivity contribution in [3.63, 3.8) is 0 Å². The molecule has 1 saturated carbocycles. The number of anilines is 1. The number of carbonyl (C=O) groups is 1. The van der Waals surface area contributed by atoms with Crippen LogP contribution in [0, 0.1) is 5.92 Å². The van der Waals surface area contributed by atoms with Gasteiger partial charge < -0.3 is 11.1 Å². The third kappa shape index (κ3) is 4.36. The fourth-order valence-electron chi connectivity index (χ4n) is 4.29. The first-order valence-corrected chi connectivity index (χ1v) is 10.6. The van der Waals surface area contributed by atoms with Crippen molar-refractivity contribution < 1.29 is 4.79 Å². The summed E-state index contributed by atoms with van der Waals surface area (Å²) in [6, 6.07) is 7.70. The Hall–Kier alpha value is -1.98. The van der Waals surface area contributed by atoms with E-state index in [9.17, 15) is 4.79 Å². The molecule has 2 aliphatic rings. The number of pyridine rings is 1. The minimum Gasteiger partial charge on any atom is -0.324 e. The lowest BCUT2D eigenvalue weighted by atomic mass is 9.87. The van der Waals surface area contributed by atoms with Gasteiger partial charge in [-0.1, -0.05) is 30.9 Å². The van der Waals surface area contributed by atoms with Gasteiger partial charge in [0.1, 0.15) is 0 Å². The molecule has 0 unspecified atom stereocenters. The fourth-order valence-corrected chi connectivity index (χ4v) is 4.50. The molecule has 1 fully saturated rings. The summed E-state index contributed by atoms with van der Waals surface area (Å²) >= 11 is 6.41. The van der Waals surface area contributed by atoms with Crippen LogP contribution in [0.25, 0.3) is 10.9 Å². The first kappa shape index (κ1) is 19.3. The number of aliphatic imine (C=N–C) groups is 1. The number of amides is 1. The highest BCUT2D eigenvalue weighted by Crippen LogP contribution is 2.32. The third-order valence-electron chi connectivity index (χ3n) is 5.89. The van der Waals surface area contributed by atoms with Crippen LogP contribution in [-0.2, 0) is 11.2 Å². The molecule has 148 valence electrons. The molecule has 3 N–H and O–H groups in total. The molecule has 1 aromatic heterocycles. The number of nitrogens with one attached hydrogen (secondary N) is 1. The van der Waals surface area contributed by atoms with Crippen LogP contribution in [0.3, 0.4) is 0 Å². The summed E-state index contributed by atoms with van der Waals surface area (Å²) in [5.41, 5.74) is 9.53. The predicted molar refractivity (Wildman–Crippen MR) is 115 cm³/mol. The van der Waals surface area contributed by atoms with Crippen LogP contribution < -0.4 is 11.1 Å². The van der Waals surface area contributed by atoms with E-state index in [-0.39, 0.29) is 11.9 Å². The van der Waals surface area contributed by atoms with Crippen molar-refractivity contribution >= 4 is 39.8 Å². The molecular weight excluding hydrogens is 372 g/mol. The van der Waals surface area contributed by atoms with Crippen LogP contribution in [-0.4, -0.2) is 29.2 Å². The summed E-state index contributed by atoms with van der Waals surface area (Å²) in [5, 5.41) is 4.45. The number of nitrogens with two attached hydrogens (primary N) is 1. The number of carbonyl (C=O) groups excluding carboxylic acids is 1. The average Bonchev–Trinajstić information content (AvgIpc) is 3.09. The molecule has 2 aromatic rings. The quantitative estimate of drug-likeness (QED) is 0.777. The molecule has 0 bridgehead atoms. The first-order chi connectivity index (χ1) is 13.6. The van der Waals surface area contributed by atoms with E-state index in [2.05, 4.69) is 10.3 Å². The SMILES string of the molecule is N[C@H]1CCN=C1Cc1ccc2c(NC(=O)CC3CCCCC3)c(Cl)ccc2n1. The zero-order valence-corrected chi connectivity index (χ0v) is 16.8. The fraction of sp³-hybridized carbons (Fsp3) is 0.500. The largest absolute Gasteiger partial charge is 0.324 e. The molecule has 4 rings (SSSR count). The zero-order chi connectivity index (χ0) is 19.5. The number of nitrogens with zero attached hydrogens (tertiary/aromatic N) is 2. The van der Waals surface area contributed by atoms with Crippen molar-refractivity contribution in [3.8, 4) is 0 Å². The standard InChI is InChI=1S/C22H27ClN4O/c23-17-8-9-19-16(7-6-15(26-19)13-20-18(24)10-11-25-20)22(17)27-21(28)12-14-4-2-1-3-5-14/h6-9,14,18H,1-5,10-13,24H2,(H,27,28)/t18-/m0/s1. The number of halogens is 1. The Morgan fingerprint density at radius 3 is 2.71 bits per heavy atom. The number of fused-ring (bicyclic) bond motifs is 1. The first-order valence-electron chi connectivity index (χ1n) is 10.3. The van der Waals surface area contributed by atoms with E-state index >= 15 is 0 Å². The summed E-state index contributed by atoms with van der Waals surface area (Å²) in [7, 11) is 0. The number of aromatic nitrogens is 1. The second kappa shape index (κ2) is 8.58. The van der Waals surface area contributed by atoms with E-state index in [0.29, 0.717) is 29.5 Å². The van der Waals surface area contributed by atoms with Gasteiger partial charge in [0, 0.05) is 42.2 Å². The number of hydrogen-bond acceptors (Lipinski definition) is 4. The van der Waals surface area contributed by atoms with Crippen molar-refractivity contribution in [1.82, 2.24) is 4.98 Å². The Labute approximate surface area is 170 Å². The maximum Gasteiger partial charge on any atom is 0.224 e. The molecular formula is C22H27ClN4O. The lowest BCUT2D eigenvalue weighted by Crippen LogP contribution is -2.28. The predicted octanol–water partition coefficient (Wildman–Crippen LogP) is 4.51. The minimum atomic E-state index is 0.0386. The van der Waals surface area contributed by atoms with Gasteiger partial charge in [-0.3, -0.25) is 14.8 Å². The van der Waals surface area contributed by atoms with Crippen LogP contribution in [0.1, 0.15) is 50.6 Å². The van der Waals surface area contributed by atoms with Crippen molar-refractivity contribution in [1.29, 1.82) is 0 Å². The Balaban J connectivity index is 1.52. The molecule has 1 amide bonds. The molecule has 6 heteroatoms. The molecule has 5 nitrogen and oxygen atoms in total. The Morgan fingerprint density at radius 1 is 1.14 bits per heavy atom. The Bertz CT molecular complexity index is 905. The van der Waals surface area contributed by atoms with Gasteiger partial charge in [0.15, 0.2) is 0 Å². The van der Waals surface area contributed by atoms with Gasteiger partial charge in [-0.25, -0.2) is 0 Å². The molecule has 0 saturated heterocycles. The second-order valence-corrected chi connectivity index (χ2v) is 8.40. The van der Waals surface area contributed by atoms with E-state index in [4.69, 9.17) is 22.3 Å². The third-order valence-corrected chi connectivity index (χ3v) is 6.20. The molecule has 0 radical (unpaired) electrons. The van der Waals surface area contributed by atoms with Crippen LogP contribution in [0.5, 0.6) is 0 Å². The minimum absolute atomic E-state index is 0.0386. The average molecular weight is 399 g/mol. The normalized spacial score (nSPS) is 20.4. The van der Waals surface area contributed by atoms with Gasteiger partial charge in [0.25, 0.3) is 0 Å². The molecule has 0 spiro atoms. The van der Waals surface area contributed by atoms with E-state index in [1.165, 1.54) is 19.3 Å². The summed E-state index contributed by atoms with van der Waals surface area (Å²) < 4.78 is 0. The molecule has 1 atom stereocenters. The summed E-state index contributed by atoms with van der Waals surface area (Å²) in [6.07, 6.45) is 8.19. The second-order valence-electron chi connectivity index (χ2n) is 7.99. The van der Waals surface area contributed by atoms with Gasteiger partial charge in [0.2, 0.25) is 5.91 Å². The molecule has 1 aliphatic heterocycles. The van der Waals surface area contributed by atoms with Gasteiger partial charge in [-0.2, -0.15) is 0 Å². The highest BCUT2D eigenvalue weighted by atomic mass is 35.5. The van der Waals surface area contributed by atoms with Crippen molar-refractivity contribution in [2.24, 2.45) is 16.6 Å². The van der Waals surface area contributed by atoms with Crippen molar-refractivity contribution in [2.75, 3.05) is 11.9 Å². The maximum atomic E-state index is 12.6. The Kier molecular flexibility index (Phi) is 5.93. The molecule has 1 aromatic carbocycles. The highest BCUT2D eigenvalue weighted by molar-refractivity contribution is 6.35. The number of rotatable bonds is 5. The zero-order valence-electron chi connectivity index (χ0n) is 16.1. The molecule has 2 heterocycles. The Morgan fingerprint density at radius 2 is 1.96 bits per heavy atom. The van der Waals surface area contributed by atoms with E-state index in [1.807, 2.05) is 18.2 Å². The lowest BCUT2D eigenvalue weighted by molar-refractivity contribution is -0.117. The van der Waals surface area contributed by atoms with Crippen LogP contribution in [0.2, 0.25) is 5.02 Å². The highest BCUT2D eigenvalue weighted by Gasteiger charge is 2.20. The van der Waals surface area contributed by atoms with Crippen molar-refractivity contribution in [3.05, 3.63) is 35.0 Å². The van der Waals surface area contributed by atoms with Gasteiger partial charge in [-0.05, 0) is 49.4 Å². The van der Waals surface area contributed by atoms with E-state index < -0.39 is 0 Å². The van der Waals surface area contributed by atoms with E-state index in [1.54, 1.807) is 6.07 Å². The van der Waals surface area contributed by atoms with Crippen LogP contribution in [0.15, 0.2) is 29.3 Å². The van der Waals surface area contributed by atoms with Crippen LogP contribution in [0.4, 0.5) is 5.69 Å². The maximum absolute atomic E-state index is 12.6. The lowest BCUT2D eigenvalue weighted by Gasteiger charge is -2.21. The van der Waals surface area contributed by atoms with Gasteiger partial charge in [-0.15, -0.1) is 0 Å². The summed E-state index contributed by atoms with van der Waals surface area (Å²) in [6.45, 7) is 0.802. The van der Waals surface area contributed by atoms with Gasteiger partial charge >= 0.3 is 0 Å². The monoisotopic (exact) mass is 398 g/mol. The van der Waals surface area contributed by atoms with Gasteiger partial charge in [0.05, 0.1) is 16.2 Å². The van der Waals surface area contributed by atoms with Crippen LogP contribution >= 0.6 is 11.6 Å².